The second-order valence-electron chi connectivity index (χ2n) is 6.14. The third kappa shape index (κ3) is 6.04. The zero-order chi connectivity index (χ0) is 19.1. The van der Waals surface area contributed by atoms with Crippen LogP contribution >= 0.6 is 12.4 Å². The first kappa shape index (κ1) is 22.6. The average Bonchev–Trinajstić information content (AvgIpc) is 2.88. The summed E-state index contributed by atoms with van der Waals surface area (Å²) in [7, 11) is 0. The summed E-state index contributed by atoms with van der Waals surface area (Å²) in [4.78, 5) is 22.8. The van der Waals surface area contributed by atoms with Crippen molar-refractivity contribution in [2.45, 2.75) is 33.7 Å². The Morgan fingerprint density at radius 1 is 1.19 bits per heavy atom. The van der Waals surface area contributed by atoms with E-state index >= 15 is 0 Å². The molecule has 0 saturated heterocycles. The topological polar surface area (TPSA) is 102 Å². The van der Waals surface area contributed by atoms with Crippen molar-refractivity contribution in [1.29, 1.82) is 0 Å². The number of nitrogens with one attached hydrogen (secondary N) is 2. The van der Waals surface area contributed by atoms with E-state index in [1.54, 1.807) is 30.7 Å². The first-order valence-electron chi connectivity index (χ1n) is 8.70. The summed E-state index contributed by atoms with van der Waals surface area (Å²) in [5, 5.41) is 21.4. The fraction of sp³-hybridized carbons (Fsp3) is 0.444. The number of carbonyl (C=O) groups excluding carboxylic acids is 1. The molecule has 1 aromatic carbocycles. The van der Waals surface area contributed by atoms with Gasteiger partial charge in [0.25, 0.3) is 5.91 Å². The van der Waals surface area contributed by atoms with E-state index in [-0.39, 0.29) is 24.0 Å². The lowest BCUT2D eigenvalue weighted by molar-refractivity contribution is -0.386. The van der Waals surface area contributed by atoms with Crippen LogP contribution in [0.4, 0.5) is 5.69 Å². The SMILES string of the molecule is CCCNCCNC(=O)c1ccc(Cn2nc(C)c([N+](=O)[O-])c2C)cc1.Cl. The molecule has 0 bridgehead atoms. The Balaban J connectivity index is 0.00000364. The number of amides is 1. The molecule has 0 spiro atoms. The van der Waals surface area contributed by atoms with E-state index in [0.717, 1.165) is 25.1 Å². The lowest BCUT2D eigenvalue weighted by Crippen LogP contribution is -2.32. The molecule has 0 aliphatic heterocycles. The number of benzene rings is 1. The molecule has 0 aliphatic rings. The van der Waals surface area contributed by atoms with E-state index in [0.29, 0.717) is 30.0 Å². The van der Waals surface area contributed by atoms with Gasteiger partial charge in [-0.3, -0.25) is 19.6 Å². The molecule has 27 heavy (non-hydrogen) atoms. The standard InChI is InChI=1S/C18H25N5O3.ClH/c1-4-9-19-10-11-20-18(24)16-7-5-15(6-8-16)12-22-14(3)17(23(25)26)13(2)21-22;/h5-8,19H,4,9-12H2,1-3H3,(H,20,24);1H. The predicted molar refractivity (Wildman–Crippen MR) is 107 cm³/mol. The number of nitrogens with zero attached hydrogens (tertiary/aromatic N) is 3. The van der Waals surface area contributed by atoms with E-state index in [2.05, 4.69) is 22.7 Å². The molecule has 0 unspecified atom stereocenters. The van der Waals surface area contributed by atoms with Gasteiger partial charge in [0.1, 0.15) is 11.4 Å². The summed E-state index contributed by atoms with van der Waals surface area (Å²) in [6, 6.07) is 7.19. The maximum absolute atomic E-state index is 12.1. The van der Waals surface area contributed by atoms with Gasteiger partial charge in [0.2, 0.25) is 0 Å². The Morgan fingerprint density at radius 2 is 1.85 bits per heavy atom. The van der Waals surface area contributed by atoms with Crippen molar-refractivity contribution in [3.63, 3.8) is 0 Å². The van der Waals surface area contributed by atoms with Gasteiger partial charge in [-0.25, -0.2) is 0 Å². The van der Waals surface area contributed by atoms with Crippen LogP contribution in [0.5, 0.6) is 0 Å². The average molecular weight is 396 g/mol. The maximum Gasteiger partial charge on any atom is 0.312 e. The van der Waals surface area contributed by atoms with Crippen molar-refractivity contribution in [1.82, 2.24) is 20.4 Å². The molecule has 8 nitrogen and oxygen atoms in total. The second-order valence-corrected chi connectivity index (χ2v) is 6.14. The van der Waals surface area contributed by atoms with Crippen LogP contribution in [-0.2, 0) is 6.54 Å². The van der Waals surface area contributed by atoms with Gasteiger partial charge in [0, 0.05) is 18.7 Å². The Morgan fingerprint density at radius 3 is 2.41 bits per heavy atom. The van der Waals surface area contributed by atoms with Crippen LogP contribution in [0.1, 0.15) is 40.7 Å². The molecule has 1 aromatic heterocycles. The Labute approximate surface area is 164 Å². The van der Waals surface area contributed by atoms with Gasteiger partial charge in [-0.15, -0.1) is 12.4 Å². The summed E-state index contributed by atoms with van der Waals surface area (Å²) in [6.45, 7) is 8.09. The summed E-state index contributed by atoms with van der Waals surface area (Å²) in [5.74, 6) is -0.114. The molecule has 1 amide bonds. The monoisotopic (exact) mass is 395 g/mol. The van der Waals surface area contributed by atoms with Crippen LogP contribution in [0.15, 0.2) is 24.3 Å². The number of halogens is 1. The number of aromatic nitrogens is 2. The third-order valence-electron chi connectivity index (χ3n) is 4.09. The lowest BCUT2D eigenvalue weighted by Gasteiger charge is -2.08. The van der Waals surface area contributed by atoms with E-state index in [1.165, 1.54) is 0 Å². The maximum atomic E-state index is 12.1. The lowest BCUT2D eigenvalue weighted by atomic mass is 10.1. The molecule has 2 N–H and O–H groups in total. The van der Waals surface area contributed by atoms with Gasteiger partial charge in [-0.2, -0.15) is 5.10 Å². The fourth-order valence-electron chi connectivity index (χ4n) is 2.71. The third-order valence-corrected chi connectivity index (χ3v) is 4.09. The minimum Gasteiger partial charge on any atom is -0.351 e. The smallest absolute Gasteiger partial charge is 0.312 e. The fourth-order valence-corrected chi connectivity index (χ4v) is 2.71. The normalized spacial score (nSPS) is 10.3. The van der Waals surface area contributed by atoms with Crippen molar-refractivity contribution >= 4 is 24.0 Å². The van der Waals surface area contributed by atoms with Crippen molar-refractivity contribution in [3.05, 3.63) is 56.9 Å². The van der Waals surface area contributed by atoms with E-state index in [1.807, 2.05) is 12.1 Å². The van der Waals surface area contributed by atoms with E-state index in [4.69, 9.17) is 0 Å². The minimum absolute atomic E-state index is 0. The van der Waals surface area contributed by atoms with E-state index < -0.39 is 4.92 Å². The highest BCUT2D eigenvalue weighted by molar-refractivity contribution is 5.94. The molecule has 148 valence electrons. The summed E-state index contributed by atoms with van der Waals surface area (Å²) < 4.78 is 1.61. The van der Waals surface area contributed by atoms with Crippen LogP contribution in [0.2, 0.25) is 0 Å². The van der Waals surface area contributed by atoms with Crippen LogP contribution in [0.25, 0.3) is 0 Å². The molecule has 1 heterocycles. The Hall–Kier alpha value is -2.45. The highest BCUT2D eigenvalue weighted by atomic mass is 35.5. The minimum atomic E-state index is -0.406. The summed E-state index contributed by atoms with van der Waals surface area (Å²) in [6.07, 6.45) is 1.06. The zero-order valence-electron chi connectivity index (χ0n) is 15.8. The molecule has 0 saturated carbocycles. The van der Waals surface area contributed by atoms with Crippen LogP contribution < -0.4 is 10.6 Å². The summed E-state index contributed by atoms with van der Waals surface area (Å²) >= 11 is 0. The van der Waals surface area contributed by atoms with Crippen molar-refractivity contribution < 1.29 is 9.72 Å². The molecule has 2 aromatic rings. The molecule has 0 fully saturated rings. The van der Waals surface area contributed by atoms with Crippen LogP contribution in [-0.4, -0.2) is 40.2 Å². The van der Waals surface area contributed by atoms with Crippen LogP contribution in [0, 0.1) is 24.0 Å². The Bertz CT molecular complexity index is 774. The number of hydrogen-bond donors (Lipinski definition) is 2. The second kappa shape index (κ2) is 10.6. The van der Waals surface area contributed by atoms with Crippen molar-refractivity contribution in [3.8, 4) is 0 Å². The Kier molecular flexibility index (Phi) is 8.90. The first-order valence-corrected chi connectivity index (χ1v) is 8.70. The van der Waals surface area contributed by atoms with Gasteiger partial charge >= 0.3 is 5.69 Å². The van der Waals surface area contributed by atoms with Crippen LogP contribution in [0.3, 0.4) is 0 Å². The summed E-state index contributed by atoms with van der Waals surface area (Å²) in [5.41, 5.74) is 2.49. The molecule has 0 radical (unpaired) electrons. The van der Waals surface area contributed by atoms with Gasteiger partial charge in [0.05, 0.1) is 11.5 Å². The molecule has 0 aliphatic carbocycles. The largest absolute Gasteiger partial charge is 0.351 e. The highest BCUT2D eigenvalue weighted by Gasteiger charge is 2.21. The predicted octanol–water partition coefficient (Wildman–Crippen LogP) is 2.61. The van der Waals surface area contributed by atoms with Crippen molar-refractivity contribution in [2.24, 2.45) is 0 Å². The zero-order valence-corrected chi connectivity index (χ0v) is 16.6. The molecule has 0 atom stereocenters. The molecule has 2 rings (SSSR count). The van der Waals surface area contributed by atoms with Gasteiger partial charge in [-0.1, -0.05) is 19.1 Å². The number of aryl methyl sites for hydroxylation is 1. The van der Waals surface area contributed by atoms with Gasteiger partial charge < -0.3 is 10.6 Å². The highest BCUT2D eigenvalue weighted by Crippen LogP contribution is 2.22. The first-order chi connectivity index (χ1) is 12.4. The number of nitro groups is 1. The molecule has 9 heteroatoms. The van der Waals surface area contributed by atoms with E-state index in [9.17, 15) is 14.9 Å². The molecular formula is C18H26ClN5O3. The van der Waals surface area contributed by atoms with Gasteiger partial charge in [0.15, 0.2) is 0 Å². The van der Waals surface area contributed by atoms with Gasteiger partial charge in [-0.05, 0) is 44.5 Å². The number of rotatable bonds is 9. The number of hydrogen-bond acceptors (Lipinski definition) is 5. The van der Waals surface area contributed by atoms with Crippen molar-refractivity contribution in [2.75, 3.05) is 19.6 Å². The number of carbonyl (C=O) groups is 1. The molecular weight excluding hydrogens is 370 g/mol. The quantitative estimate of drug-likeness (QED) is 0.386.